The highest BCUT2D eigenvalue weighted by molar-refractivity contribution is 6.07. The van der Waals surface area contributed by atoms with Gasteiger partial charge in [0.05, 0.1) is 12.7 Å². The zero-order valence-electron chi connectivity index (χ0n) is 17.2. The van der Waals surface area contributed by atoms with Crippen LogP contribution in [0.15, 0.2) is 63.8 Å². The minimum Gasteiger partial charge on any atom is -0.465 e. The first kappa shape index (κ1) is 21.0. The standard InChI is InChI=1S/C24H23NO5/c1-4-25(5-2)19-12-11-18-14-20(24(28)30-22(18)15-19)21(26)13-8-16-6-9-17(10-7-16)23(27)29-3/h6-15H,4-5H2,1-3H3/b13-8+. The van der Waals surface area contributed by atoms with E-state index in [1.165, 1.54) is 13.2 Å². The second kappa shape index (κ2) is 9.22. The average Bonchev–Trinajstić information content (AvgIpc) is 2.77. The quantitative estimate of drug-likeness (QED) is 0.252. The van der Waals surface area contributed by atoms with E-state index in [0.29, 0.717) is 22.1 Å². The Morgan fingerprint density at radius 3 is 2.37 bits per heavy atom. The number of ether oxygens (including phenoxy) is 1. The fourth-order valence-electron chi connectivity index (χ4n) is 3.17. The summed E-state index contributed by atoms with van der Waals surface area (Å²) in [6, 6.07) is 13.8. The monoisotopic (exact) mass is 405 g/mol. The smallest absolute Gasteiger partial charge is 0.347 e. The van der Waals surface area contributed by atoms with Crippen LogP contribution in [0.5, 0.6) is 0 Å². The fourth-order valence-corrected chi connectivity index (χ4v) is 3.17. The molecule has 30 heavy (non-hydrogen) atoms. The van der Waals surface area contributed by atoms with E-state index in [1.807, 2.05) is 18.2 Å². The molecule has 3 rings (SSSR count). The van der Waals surface area contributed by atoms with Crippen molar-refractivity contribution in [3.63, 3.8) is 0 Å². The summed E-state index contributed by atoms with van der Waals surface area (Å²) in [5.41, 5.74) is 1.84. The number of esters is 1. The first-order valence-electron chi connectivity index (χ1n) is 9.70. The van der Waals surface area contributed by atoms with Crippen LogP contribution in [-0.2, 0) is 4.74 Å². The molecule has 6 heteroatoms. The number of benzene rings is 2. The van der Waals surface area contributed by atoms with E-state index < -0.39 is 17.4 Å². The summed E-state index contributed by atoms with van der Waals surface area (Å²) < 4.78 is 10.1. The van der Waals surface area contributed by atoms with Crippen molar-refractivity contribution in [1.82, 2.24) is 0 Å². The van der Waals surface area contributed by atoms with Crippen molar-refractivity contribution in [1.29, 1.82) is 0 Å². The number of hydrogen-bond donors (Lipinski definition) is 0. The molecule has 0 radical (unpaired) electrons. The molecule has 6 nitrogen and oxygen atoms in total. The summed E-state index contributed by atoms with van der Waals surface area (Å²) in [5, 5.41) is 0.685. The molecule has 1 heterocycles. The van der Waals surface area contributed by atoms with Crippen molar-refractivity contribution in [3.05, 3.63) is 81.7 Å². The Hall–Kier alpha value is -3.67. The van der Waals surface area contributed by atoms with Crippen LogP contribution in [0.4, 0.5) is 5.69 Å². The summed E-state index contributed by atoms with van der Waals surface area (Å²) in [6.07, 6.45) is 2.89. The third kappa shape index (κ3) is 4.49. The molecule has 2 aromatic carbocycles. The average molecular weight is 405 g/mol. The minimum atomic E-state index is -0.671. The number of carbonyl (C=O) groups is 2. The molecule has 1 aromatic heterocycles. The fraction of sp³-hybridized carbons (Fsp3) is 0.208. The van der Waals surface area contributed by atoms with Crippen molar-refractivity contribution < 1.29 is 18.7 Å². The molecule has 0 amide bonds. The van der Waals surface area contributed by atoms with Crippen molar-refractivity contribution in [2.24, 2.45) is 0 Å². The maximum atomic E-state index is 12.5. The van der Waals surface area contributed by atoms with Gasteiger partial charge in [0.1, 0.15) is 11.1 Å². The van der Waals surface area contributed by atoms with Crippen LogP contribution in [0, 0.1) is 0 Å². The summed E-state index contributed by atoms with van der Waals surface area (Å²) in [7, 11) is 1.31. The molecule has 0 fully saturated rings. The second-order valence-electron chi connectivity index (χ2n) is 6.65. The van der Waals surface area contributed by atoms with E-state index in [1.54, 1.807) is 36.4 Å². The van der Waals surface area contributed by atoms with Gasteiger partial charge in [0.25, 0.3) is 0 Å². The molecular weight excluding hydrogens is 382 g/mol. The topological polar surface area (TPSA) is 76.8 Å². The molecule has 0 spiro atoms. The number of carbonyl (C=O) groups excluding carboxylic acids is 2. The van der Waals surface area contributed by atoms with Gasteiger partial charge < -0.3 is 14.1 Å². The van der Waals surface area contributed by atoms with Gasteiger partial charge in [-0.05, 0) is 55.8 Å². The Morgan fingerprint density at radius 1 is 1.03 bits per heavy atom. The molecule has 0 aliphatic heterocycles. The number of fused-ring (bicyclic) bond motifs is 1. The third-order valence-corrected chi connectivity index (χ3v) is 4.87. The lowest BCUT2D eigenvalue weighted by atomic mass is 10.1. The molecule has 0 aliphatic carbocycles. The SMILES string of the molecule is CCN(CC)c1ccc2cc(C(=O)/C=C/c3ccc(C(=O)OC)cc3)c(=O)oc2c1. The lowest BCUT2D eigenvalue weighted by Crippen LogP contribution is -2.21. The van der Waals surface area contributed by atoms with Gasteiger partial charge in [-0.25, -0.2) is 9.59 Å². The van der Waals surface area contributed by atoms with Gasteiger partial charge in [-0.1, -0.05) is 18.2 Å². The normalized spacial score (nSPS) is 11.0. The van der Waals surface area contributed by atoms with E-state index in [2.05, 4.69) is 23.5 Å². The maximum Gasteiger partial charge on any atom is 0.347 e. The predicted octanol–water partition coefficient (Wildman–Crippen LogP) is 4.32. The number of anilines is 1. The van der Waals surface area contributed by atoms with Crippen molar-refractivity contribution in [2.75, 3.05) is 25.1 Å². The number of hydrogen-bond acceptors (Lipinski definition) is 6. The first-order chi connectivity index (χ1) is 14.5. The van der Waals surface area contributed by atoms with E-state index in [-0.39, 0.29) is 5.56 Å². The Bertz CT molecular complexity index is 1150. The largest absolute Gasteiger partial charge is 0.465 e. The summed E-state index contributed by atoms with van der Waals surface area (Å²) in [5.74, 6) is -0.880. The number of rotatable bonds is 7. The lowest BCUT2D eigenvalue weighted by Gasteiger charge is -2.20. The summed E-state index contributed by atoms with van der Waals surface area (Å²) >= 11 is 0. The minimum absolute atomic E-state index is 0.0273. The van der Waals surface area contributed by atoms with Crippen LogP contribution in [0.2, 0.25) is 0 Å². The number of nitrogens with zero attached hydrogens (tertiary/aromatic N) is 1. The molecule has 0 bridgehead atoms. The number of methoxy groups -OCH3 is 1. The highest BCUT2D eigenvalue weighted by Gasteiger charge is 2.13. The first-order valence-corrected chi connectivity index (χ1v) is 9.70. The third-order valence-electron chi connectivity index (χ3n) is 4.87. The molecule has 3 aromatic rings. The Labute approximate surface area is 174 Å². The Balaban J connectivity index is 1.85. The molecule has 154 valence electrons. The lowest BCUT2D eigenvalue weighted by molar-refractivity contribution is 0.0600. The van der Waals surface area contributed by atoms with E-state index in [9.17, 15) is 14.4 Å². The molecule has 0 N–H and O–H groups in total. The Kier molecular flexibility index (Phi) is 6.47. The molecule has 0 unspecified atom stereocenters. The van der Waals surface area contributed by atoms with Crippen LogP contribution in [0.25, 0.3) is 17.0 Å². The predicted molar refractivity (Wildman–Crippen MR) is 117 cm³/mol. The summed E-state index contributed by atoms with van der Waals surface area (Å²) in [6.45, 7) is 5.80. The zero-order valence-corrected chi connectivity index (χ0v) is 17.2. The molecular formula is C24H23NO5. The van der Waals surface area contributed by atoms with Gasteiger partial charge in [0.2, 0.25) is 0 Å². The van der Waals surface area contributed by atoms with Crippen LogP contribution < -0.4 is 10.5 Å². The molecule has 0 saturated heterocycles. The van der Waals surface area contributed by atoms with Crippen LogP contribution in [0.1, 0.15) is 40.1 Å². The van der Waals surface area contributed by atoms with Crippen molar-refractivity contribution >= 4 is 34.5 Å². The number of ketones is 1. The van der Waals surface area contributed by atoms with Gasteiger partial charge in [-0.3, -0.25) is 4.79 Å². The maximum absolute atomic E-state index is 12.5. The second-order valence-corrected chi connectivity index (χ2v) is 6.65. The van der Waals surface area contributed by atoms with E-state index >= 15 is 0 Å². The van der Waals surface area contributed by atoms with Crippen LogP contribution in [-0.4, -0.2) is 32.0 Å². The van der Waals surface area contributed by atoms with Gasteiger partial charge in [-0.2, -0.15) is 0 Å². The van der Waals surface area contributed by atoms with Crippen LogP contribution in [0.3, 0.4) is 0 Å². The highest BCUT2D eigenvalue weighted by Crippen LogP contribution is 2.22. The van der Waals surface area contributed by atoms with Gasteiger partial charge >= 0.3 is 11.6 Å². The summed E-state index contributed by atoms with van der Waals surface area (Å²) in [4.78, 5) is 38.5. The molecule has 0 atom stereocenters. The van der Waals surface area contributed by atoms with Crippen molar-refractivity contribution in [3.8, 4) is 0 Å². The van der Waals surface area contributed by atoms with Crippen LogP contribution >= 0.6 is 0 Å². The van der Waals surface area contributed by atoms with Crippen molar-refractivity contribution in [2.45, 2.75) is 13.8 Å². The molecule has 0 aliphatic rings. The molecule has 0 saturated carbocycles. The highest BCUT2D eigenvalue weighted by atomic mass is 16.5. The zero-order chi connectivity index (χ0) is 21.7. The number of allylic oxidation sites excluding steroid dienone is 1. The van der Waals surface area contributed by atoms with E-state index in [0.717, 1.165) is 18.8 Å². The van der Waals surface area contributed by atoms with E-state index in [4.69, 9.17) is 4.42 Å². The van der Waals surface area contributed by atoms with Gasteiger partial charge in [0.15, 0.2) is 5.78 Å². The van der Waals surface area contributed by atoms with Gasteiger partial charge in [-0.15, -0.1) is 0 Å². The van der Waals surface area contributed by atoms with Gasteiger partial charge in [0, 0.05) is 30.2 Å². The Morgan fingerprint density at radius 2 is 1.73 bits per heavy atom.